The molecule has 1 aliphatic heterocycles. The average molecular weight is 363 g/mol. The van der Waals surface area contributed by atoms with Crippen molar-refractivity contribution in [2.24, 2.45) is 0 Å². The number of aromatic nitrogens is 3. The van der Waals surface area contributed by atoms with Crippen LogP contribution in [0.2, 0.25) is 0 Å². The van der Waals surface area contributed by atoms with Gasteiger partial charge in [0.1, 0.15) is 6.33 Å². The van der Waals surface area contributed by atoms with Crippen molar-refractivity contribution in [1.29, 1.82) is 0 Å². The number of nitrogens with zero attached hydrogens (tertiary/aromatic N) is 5. The zero-order valence-corrected chi connectivity index (χ0v) is 15.2. The van der Waals surface area contributed by atoms with Gasteiger partial charge in [-0.1, -0.05) is 17.7 Å². The van der Waals surface area contributed by atoms with Gasteiger partial charge in [0.15, 0.2) is 5.65 Å². The predicted octanol–water partition coefficient (Wildman–Crippen LogP) is 2.03. The van der Waals surface area contributed by atoms with E-state index in [-0.39, 0.29) is 11.8 Å². The molecule has 1 saturated heterocycles. The zero-order chi connectivity index (χ0) is 18.8. The Bertz CT molecular complexity index is 997. The number of fused-ring (bicyclic) bond motifs is 1. The number of hydrogen-bond donors (Lipinski definition) is 0. The molecule has 0 unspecified atom stereocenters. The zero-order valence-electron chi connectivity index (χ0n) is 15.2. The third kappa shape index (κ3) is 3.53. The fourth-order valence-corrected chi connectivity index (χ4v) is 3.42. The van der Waals surface area contributed by atoms with Crippen LogP contribution in [0.5, 0.6) is 0 Å². The number of hydrogen-bond acceptors (Lipinski definition) is 4. The lowest BCUT2D eigenvalue weighted by Gasteiger charge is -2.22. The van der Waals surface area contributed by atoms with Gasteiger partial charge >= 0.3 is 0 Å². The van der Waals surface area contributed by atoms with E-state index >= 15 is 0 Å². The molecule has 4 rings (SSSR count). The first-order valence-electron chi connectivity index (χ1n) is 9.06. The lowest BCUT2D eigenvalue weighted by molar-refractivity contribution is 0.0718. The fourth-order valence-electron chi connectivity index (χ4n) is 3.42. The summed E-state index contributed by atoms with van der Waals surface area (Å²) in [5.74, 6) is -0.00522. The van der Waals surface area contributed by atoms with Crippen molar-refractivity contribution < 1.29 is 9.59 Å². The lowest BCUT2D eigenvalue weighted by atomic mass is 10.1. The maximum Gasteiger partial charge on any atom is 0.255 e. The minimum atomic E-state index is -0.0320. The van der Waals surface area contributed by atoms with E-state index in [9.17, 15) is 9.59 Å². The summed E-state index contributed by atoms with van der Waals surface area (Å²) in [6.45, 7) is 4.33. The monoisotopic (exact) mass is 363 g/mol. The molecule has 0 spiro atoms. The van der Waals surface area contributed by atoms with Crippen LogP contribution >= 0.6 is 0 Å². The molecule has 27 heavy (non-hydrogen) atoms. The van der Waals surface area contributed by atoms with Gasteiger partial charge in [0.05, 0.1) is 5.56 Å². The second kappa shape index (κ2) is 7.19. The molecular weight excluding hydrogens is 342 g/mol. The van der Waals surface area contributed by atoms with Crippen LogP contribution < -0.4 is 0 Å². The van der Waals surface area contributed by atoms with E-state index in [1.807, 2.05) is 41.0 Å². The molecule has 1 aromatic carbocycles. The van der Waals surface area contributed by atoms with Gasteiger partial charge in [-0.3, -0.25) is 14.0 Å². The molecule has 0 bridgehead atoms. The molecule has 0 saturated carbocycles. The molecular formula is C20H21N5O2. The van der Waals surface area contributed by atoms with Crippen LogP contribution in [-0.2, 0) is 0 Å². The van der Waals surface area contributed by atoms with Crippen LogP contribution in [0, 0.1) is 6.92 Å². The van der Waals surface area contributed by atoms with Gasteiger partial charge in [0, 0.05) is 37.9 Å². The SMILES string of the molecule is Cc1cccc(C(=O)N2CCCN(C(=O)c3ccc4nncn4c3)CC2)c1. The molecule has 2 amide bonds. The Hall–Kier alpha value is -3.22. The Morgan fingerprint density at radius 2 is 1.67 bits per heavy atom. The van der Waals surface area contributed by atoms with Crippen molar-refractivity contribution in [3.63, 3.8) is 0 Å². The number of amides is 2. The van der Waals surface area contributed by atoms with E-state index in [1.54, 1.807) is 29.1 Å². The number of aryl methyl sites for hydroxylation is 1. The van der Waals surface area contributed by atoms with Gasteiger partial charge in [-0.2, -0.15) is 0 Å². The van der Waals surface area contributed by atoms with Gasteiger partial charge in [-0.05, 0) is 37.6 Å². The van der Waals surface area contributed by atoms with E-state index < -0.39 is 0 Å². The molecule has 1 aliphatic rings. The van der Waals surface area contributed by atoms with Crippen molar-refractivity contribution in [3.05, 3.63) is 65.6 Å². The van der Waals surface area contributed by atoms with Crippen LogP contribution in [0.15, 0.2) is 48.9 Å². The molecule has 0 N–H and O–H groups in total. The standard InChI is InChI=1S/C20H21N5O2/c1-15-4-2-5-16(12-15)19(26)23-8-3-9-24(11-10-23)20(27)17-6-7-18-22-21-14-25(18)13-17/h2,4-7,12-14H,3,8-11H2,1H3. The largest absolute Gasteiger partial charge is 0.337 e. The minimum absolute atomic E-state index is 0.0268. The molecule has 0 radical (unpaired) electrons. The first kappa shape index (κ1) is 17.2. The first-order valence-corrected chi connectivity index (χ1v) is 9.06. The summed E-state index contributed by atoms with van der Waals surface area (Å²) in [7, 11) is 0. The molecule has 0 atom stereocenters. The Morgan fingerprint density at radius 3 is 2.41 bits per heavy atom. The average Bonchev–Trinajstić information content (AvgIpc) is 3.01. The Labute approximate surface area is 157 Å². The normalized spacial score (nSPS) is 15.0. The molecule has 138 valence electrons. The van der Waals surface area contributed by atoms with E-state index in [0.29, 0.717) is 43.0 Å². The smallest absolute Gasteiger partial charge is 0.255 e. The quantitative estimate of drug-likeness (QED) is 0.698. The van der Waals surface area contributed by atoms with Gasteiger partial charge in [0.2, 0.25) is 0 Å². The maximum absolute atomic E-state index is 12.9. The summed E-state index contributed by atoms with van der Waals surface area (Å²) in [5, 5.41) is 7.79. The molecule has 0 aliphatic carbocycles. The van der Waals surface area contributed by atoms with Gasteiger partial charge in [-0.15, -0.1) is 10.2 Å². The van der Waals surface area contributed by atoms with Gasteiger partial charge in [-0.25, -0.2) is 0 Å². The highest BCUT2D eigenvalue weighted by Gasteiger charge is 2.23. The molecule has 7 nitrogen and oxygen atoms in total. The maximum atomic E-state index is 12.9. The molecule has 1 fully saturated rings. The van der Waals surface area contributed by atoms with E-state index in [1.165, 1.54) is 0 Å². The first-order chi connectivity index (χ1) is 13.1. The van der Waals surface area contributed by atoms with E-state index in [0.717, 1.165) is 12.0 Å². The summed E-state index contributed by atoms with van der Waals surface area (Å²) in [4.78, 5) is 29.3. The number of benzene rings is 1. The predicted molar refractivity (Wildman–Crippen MR) is 101 cm³/mol. The highest BCUT2D eigenvalue weighted by atomic mass is 16.2. The lowest BCUT2D eigenvalue weighted by Crippen LogP contribution is -2.37. The van der Waals surface area contributed by atoms with Crippen molar-refractivity contribution in [3.8, 4) is 0 Å². The van der Waals surface area contributed by atoms with Gasteiger partial charge < -0.3 is 9.80 Å². The molecule has 3 aromatic rings. The highest BCUT2D eigenvalue weighted by Crippen LogP contribution is 2.13. The summed E-state index contributed by atoms with van der Waals surface area (Å²) >= 11 is 0. The topological polar surface area (TPSA) is 70.8 Å². The number of pyridine rings is 1. The summed E-state index contributed by atoms with van der Waals surface area (Å²) < 4.78 is 1.73. The Balaban J connectivity index is 1.46. The number of rotatable bonds is 2. The van der Waals surface area contributed by atoms with Crippen molar-refractivity contribution >= 4 is 17.5 Å². The van der Waals surface area contributed by atoms with Crippen LogP contribution in [0.3, 0.4) is 0 Å². The Morgan fingerprint density at radius 1 is 0.926 bits per heavy atom. The van der Waals surface area contributed by atoms with Crippen molar-refractivity contribution in [2.45, 2.75) is 13.3 Å². The fraction of sp³-hybridized carbons (Fsp3) is 0.300. The molecule has 3 heterocycles. The van der Waals surface area contributed by atoms with E-state index in [2.05, 4.69) is 10.2 Å². The number of carbonyl (C=O) groups excluding carboxylic acids is 2. The third-order valence-electron chi connectivity index (χ3n) is 4.87. The minimum Gasteiger partial charge on any atom is -0.337 e. The summed E-state index contributed by atoms with van der Waals surface area (Å²) in [6.07, 6.45) is 4.09. The van der Waals surface area contributed by atoms with Crippen LogP contribution in [0.4, 0.5) is 0 Å². The second-order valence-corrected chi connectivity index (χ2v) is 6.82. The van der Waals surface area contributed by atoms with Gasteiger partial charge in [0.25, 0.3) is 11.8 Å². The van der Waals surface area contributed by atoms with Crippen LogP contribution in [-0.4, -0.2) is 62.4 Å². The van der Waals surface area contributed by atoms with Crippen molar-refractivity contribution in [2.75, 3.05) is 26.2 Å². The number of carbonyl (C=O) groups is 2. The van der Waals surface area contributed by atoms with Crippen LogP contribution in [0.25, 0.3) is 5.65 Å². The third-order valence-corrected chi connectivity index (χ3v) is 4.87. The summed E-state index contributed by atoms with van der Waals surface area (Å²) in [6, 6.07) is 11.2. The van der Waals surface area contributed by atoms with Crippen LogP contribution in [0.1, 0.15) is 32.7 Å². The molecule has 7 heteroatoms. The molecule has 2 aromatic heterocycles. The second-order valence-electron chi connectivity index (χ2n) is 6.82. The summed E-state index contributed by atoms with van der Waals surface area (Å²) in [5.41, 5.74) is 3.07. The highest BCUT2D eigenvalue weighted by molar-refractivity contribution is 5.95. The Kier molecular flexibility index (Phi) is 4.58. The van der Waals surface area contributed by atoms with E-state index in [4.69, 9.17) is 0 Å². The van der Waals surface area contributed by atoms with Crippen molar-refractivity contribution in [1.82, 2.24) is 24.4 Å².